The van der Waals surface area contributed by atoms with Gasteiger partial charge in [-0.3, -0.25) is 0 Å². The zero-order valence-electron chi connectivity index (χ0n) is 14.3. The Morgan fingerprint density at radius 2 is 1.73 bits per heavy atom. The normalized spacial score (nSPS) is 22.2. The van der Waals surface area contributed by atoms with Crippen molar-refractivity contribution < 1.29 is 9.22 Å². The Morgan fingerprint density at radius 3 is 2.23 bits per heavy atom. The minimum atomic E-state index is -1.71. The second kappa shape index (κ2) is 7.38. The molecule has 0 aliphatic heterocycles. The van der Waals surface area contributed by atoms with E-state index < -0.39 is 8.32 Å². The van der Waals surface area contributed by atoms with Crippen LogP contribution in [-0.2, 0) is 9.22 Å². The van der Waals surface area contributed by atoms with Gasteiger partial charge in [-0.2, -0.15) is 0 Å². The second-order valence-corrected chi connectivity index (χ2v) is 11.0. The highest BCUT2D eigenvalue weighted by atomic mass is 28.4. The number of aldehydes is 1. The third-order valence-electron chi connectivity index (χ3n) is 5.34. The van der Waals surface area contributed by atoms with Gasteiger partial charge in [-0.25, -0.2) is 0 Å². The second-order valence-electron chi connectivity index (χ2n) is 6.31. The van der Waals surface area contributed by atoms with Crippen molar-refractivity contribution >= 4 is 20.2 Å². The summed E-state index contributed by atoms with van der Waals surface area (Å²) in [5, 5.41) is 0. The molecule has 0 bridgehead atoms. The molecule has 1 aromatic rings. The van der Waals surface area contributed by atoms with Crippen molar-refractivity contribution in [3.63, 3.8) is 0 Å². The maximum absolute atomic E-state index is 11.6. The van der Waals surface area contributed by atoms with Crippen molar-refractivity contribution in [1.29, 1.82) is 0 Å². The molecule has 0 radical (unpaired) electrons. The van der Waals surface area contributed by atoms with E-state index in [0.29, 0.717) is 0 Å². The molecule has 2 rings (SSSR count). The molecule has 0 fully saturated rings. The molecule has 3 heteroatoms. The van der Waals surface area contributed by atoms with Crippen LogP contribution >= 0.6 is 0 Å². The fourth-order valence-electron chi connectivity index (χ4n) is 3.55. The molecule has 0 heterocycles. The first kappa shape index (κ1) is 17.2. The van der Waals surface area contributed by atoms with Gasteiger partial charge < -0.3 is 9.22 Å². The Morgan fingerprint density at radius 1 is 1.14 bits per heavy atom. The van der Waals surface area contributed by atoms with E-state index in [-0.39, 0.29) is 12.0 Å². The topological polar surface area (TPSA) is 26.3 Å². The Hall–Kier alpha value is -1.19. The molecular formula is C19H28O2Si. The number of rotatable bonds is 7. The number of hydrogen-bond donors (Lipinski definition) is 0. The third-order valence-corrected chi connectivity index (χ3v) is 9.96. The fraction of sp³-hybridized carbons (Fsp3) is 0.526. The van der Waals surface area contributed by atoms with Crippen LogP contribution in [0.4, 0.5) is 0 Å². The molecule has 0 saturated heterocycles. The average Bonchev–Trinajstić information content (AvgIpc) is 2.89. The van der Waals surface area contributed by atoms with E-state index in [9.17, 15) is 4.79 Å². The quantitative estimate of drug-likeness (QED) is 0.518. The average molecular weight is 317 g/mol. The molecule has 120 valence electrons. The zero-order chi connectivity index (χ0) is 16.2. The summed E-state index contributed by atoms with van der Waals surface area (Å²) in [4.78, 5) is 11.6. The summed E-state index contributed by atoms with van der Waals surface area (Å²) in [5.41, 5.74) is 3.79. The molecule has 0 unspecified atom stereocenters. The molecule has 0 spiro atoms. The van der Waals surface area contributed by atoms with Crippen LogP contribution in [0.25, 0.3) is 5.57 Å². The van der Waals surface area contributed by atoms with E-state index in [2.05, 4.69) is 52.0 Å². The SMILES string of the molecule is CC[Si](CC)(CC)O[C@@H]1C(C)=C(c2ccccc2)C[C@H]1C=O. The van der Waals surface area contributed by atoms with Crippen molar-refractivity contribution in [1.82, 2.24) is 0 Å². The minimum Gasteiger partial charge on any atom is -0.410 e. The predicted molar refractivity (Wildman–Crippen MR) is 95.3 cm³/mol. The third kappa shape index (κ3) is 3.25. The van der Waals surface area contributed by atoms with Gasteiger partial charge in [-0.15, -0.1) is 0 Å². The first-order valence-corrected chi connectivity index (χ1v) is 11.0. The molecule has 1 aliphatic rings. The first-order chi connectivity index (χ1) is 10.6. The maximum atomic E-state index is 11.6. The van der Waals surface area contributed by atoms with E-state index in [4.69, 9.17) is 4.43 Å². The number of hydrogen-bond acceptors (Lipinski definition) is 2. The molecule has 1 aromatic carbocycles. The van der Waals surface area contributed by atoms with Crippen LogP contribution in [0.2, 0.25) is 18.1 Å². The van der Waals surface area contributed by atoms with E-state index >= 15 is 0 Å². The Balaban J connectivity index is 2.32. The van der Waals surface area contributed by atoms with Gasteiger partial charge in [-0.05, 0) is 48.2 Å². The van der Waals surface area contributed by atoms with Crippen molar-refractivity contribution in [2.45, 2.75) is 58.4 Å². The molecule has 2 atom stereocenters. The van der Waals surface area contributed by atoms with Crippen LogP contribution in [0.5, 0.6) is 0 Å². The van der Waals surface area contributed by atoms with Crippen molar-refractivity contribution in [3.05, 3.63) is 41.5 Å². The summed E-state index contributed by atoms with van der Waals surface area (Å²) in [6, 6.07) is 13.8. The van der Waals surface area contributed by atoms with Gasteiger partial charge in [0, 0.05) is 5.92 Å². The molecule has 0 amide bonds. The van der Waals surface area contributed by atoms with Gasteiger partial charge in [0.15, 0.2) is 8.32 Å². The lowest BCUT2D eigenvalue weighted by Crippen LogP contribution is -2.42. The summed E-state index contributed by atoms with van der Waals surface area (Å²) >= 11 is 0. The molecule has 22 heavy (non-hydrogen) atoms. The van der Waals surface area contributed by atoms with E-state index in [1.165, 1.54) is 16.7 Å². The largest absolute Gasteiger partial charge is 0.410 e. The van der Waals surface area contributed by atoms with Crippen LogP contribution in [0.1, 0.15) is 39.7 Å². The maximum Gasteiger partial charge on any atom is 0.192 e. The first-order valence-electron chi connectivity index (χ1n) is 8.49. The Bertz CT molecular complexity index is 523. The molecular weight excluding hydrogens is 288 g/mol. The van der Waals surface area contributed by atoms with E-state index in [1.54, 1.807) is 0 Å². The van der Waals surface area contributed by atoms with Crippen LogP contribution in [0, 0.1) is 5.92 Å². The van der Waals surface area contributed by atoms with Gasteiger partial charge in [0.25, 0.3) is 0 Å². The lowest BCUT2D eigenvalue weighted by Gasteiger charge is -2.33. The van der Waals surface area contributed by atoms with E-state index in [0.717, 1.165) is 30.8 Å². The monoisotopic (exact) mass is 316 g/mol. The molecule has 0 N–H and O–H groups in total. The van der Waals surface area contributed by atoms with Crippen LogP contribution in [0.15, 0.2) is 35.9 Å². The zero-order valence-corrected chi connectivity index (χ0v) is 15.3. The van der Waals surface area contributed by atoms with Crippen molar-refractivity contribution in [2.24, 2.45) is 5.92 Å². The van der Waals surface area contributed by atoms with Crippen molar-refractivity contribution in [3.8, 4) is 0 Å². The highest BCUT2D eigenvalue weighted by molar-refractivity contribution is 6.73. The molecule has 0 saturated carbocycles. The summed E-state index contributed by atoms with van der Waals surface area (Å²) in [7, 11) is -1.71. The van der Waals surface area contributed by atoms with Gasteiger partial charge in [0.1, 0.15) is 6.29 Å². The standard InChI is InChI=1S/C19H28O2Si/c1-5-22(6-2,7-3)21-19-15(4)18(13-17(19)14-20)16-11-9-8-10-12-16/h8-12,14,17,19H,5-7,13H2,1-4H3/t17-,19+/m0/s1. The lowest BCUT2D eigenvalue weighted by atomic mass is 10.0. The number of allylic oxidation sites excluding steroid dienone is 1. The summed E-state index contributed by atoms with van der Waals surface area (Å²) in [5.74, 6) is -0.0215. The van der Waals surface area contributed by atoms with Crippen LogP contribution in [-0.4, -0.2) is 20.7 Å². The number of benzene rings is 1. The highest BCUT2D eigenvalue weighted by Gasteiger charge is 2.40. The van der Waals surface area contributed by atoms with Gasteiger partial charge in [-0.1, -0.05) is 51.1 Å². The molecule has 1 aliphatic carbocycles. The van der Waals surface area contributed by atoms with E-state index in [1.807, 2.05) is 6.07 Å². The number of carbonyl (C=O) groups is 1. The van der Waals surface area contributed by atoms with Crippen molar-refractivity contribution in [2.75, 3.05) is 0 Å². The summed E-state index contributed by atoms with van der Waals surface area (Å²) in [6.07, 6.45) is 1.90. The highest BCUT2D eigenvalue weighted by Crippen LogP contribution is 2.41. The lowest BCUT2D eigenvalue weighted by molar-refractivity contribution is -0.112. The predicted octanol–water partition coefficient (Wildman–Crippen LogP) is 5.07. The van der Waals surface area contributed by atoms with Crippen LogP contribution < -0.4 is 0 Å². The smallest absolute Gasteiger partial charge is 0.192 e. The summed E-state index contributed by atoms with van der Waals surface area (Å²) in [6.45, 7) is 8.86. The Kier molecular flexibility index (Phi) is 5.76. The number of carbonyl (C=O) groups excluding carboxylic acids is 1. The van der Waals surface area contributed by atoms with Crippen LogP contribution in [0.3, 0.4) is 0 Å². The summed E-state index contributed by atoms with van der Waals surface area (Å²) < 4.78 is 6.66. The van der Waals surface area contributed by atoms with Gasteiger partial charge in [0.2, 0.25) is 0 Å². The minimum absolute atomic E-state index is 0.0146. The van der Waals surface area contributed by atoms with Gasteiger partial charge in [0.05, 0.1) is 6.10 Å². The fourth-order valence-corrected chi connectivity index (χ4v) is 6.44. The van der Waals surface area contributed by atoms with Gasteiger partial charge >= 0.3 is 0 Å². The molecule has 0 aromatic heterocycles. The Labute approximate surface area is 135 Å². The molecule has 2 nitrogen and oxygen atoms in total.